The van der Waals surface area contributed by atoms with Crippen LogP contribution in [0.25, 0.3) is 0 Å². The number of carbonyl (C=O) groups excluding carboxylic acids is 3. The molecule has 3 aliphatic rings. The van der Waals surface area contributed by atoms with Crippen molar-refractivity contribution in [2.45, 2.75) is 38.1 Å². The number of hydrogen-bond acceptors (Lipinski definition) is 5. The average Bonchev–Trinajstić information content (AvgIpc) is 3.38. The maximum atomic E-state index is 13.2. The average molecular weight is 379 g/mol. The predicted molar refractivity (Wildman–Crippen MR) is 96.7 cm³/mol. The lowest BCUT2D eigenvalue weighted by molar-refractivity contribution is -0.159. The van der Waals surface area contributed by atoms with E-state index in [4.69, 9.17) is 4.74 Å². The summed E-state index contributed by atoms with van der Waals surface area (Å²) in [4.78, 5) is 40.3. The first-order valence-electron chi connectivity index (χ1n) is 9.84. The highest BCUT2D eigenvalue weighted by atomic mass is 16.5. The number of hydroxylamine groups is 2. The normalized spacial score (nSPS) is 24.3. The molecule has 2 aliphatic heterocycles. The Balaban J connectivity index is 1.68. The lowest BCUT2D eigenvalue weighted by Gasteiger charge is -2.34. The molecule has 3 rings (SSSR count). The highest BCUT2D eigenvalue weighted by Gasteiger charge is 2.38. The molecule has 2 heterocycles. The van der Waals surface area contributed by atoms with Crippen LogP contribution in [0.2, 0.25) is 0 Å². The molecule has 0 spiro atoms. The van der Waals surface area contributed by atoms with Crippen molar-refractivity contribution in [1.82, 2.24) is 14.9 Å². The monoisotopic (exact) mass is 379 g/mol. The Bertz CT molecular complexity index is 570. The maximum absolute atomic E-state index is 13.2. The molecule has 27 heavy (non-hydrogen) atoms. The Morgan fingerprint density at radius 3 is 2.63 bits per heavy atom. The second kappa shape index (κ2) is 9.32. The molecule has 8 nitrogen and oxygen atoms in total. The van der Waals surface area contributed by atoms with E-state index in [1.807, 2.05) is 6.08 Å². The van der Waals surface area contributed by atoms with Crippen LogP contribution in [0.3, 0.4) is 0 Å². The van der Waals surface area contributed by atoms with E-state index in [0.29, 0.717) is 56.7 Å². The molecule has 0 aromatic rings. The van der Waals surface area contributed by atoms with Crippen LogP contribution in [0.1, 0.15) is 32.1 Å². The molecule has 150 valence electrons. The summed E-state index contributed by atoms with van der Waals surface area (Å²) in [6.07, 6.45) is 9.04. The van der Waals surface area contributed by atoms with Crippen LogP contribution in [0.5, 0.6) is 0 Å². The minimum atomic E-state index is -0.606. The lowest BCUT2D eigenvalue weighted by Crippen LogP contribution is -2.53. The number of amides is 3. The molecular weight excluding hydrogens is 350 g/mol. The molecule has 0 bridgehead atoms. The number of rotatable bonds is 7. The van der Waals surface area contributed by atoms with Crippen LogP contribution < -0.4 is 0 Å². The van der Waals surface area contributed by atoms with E-state index in [1.165, 1.54) is 0 Å². The van der Waals surface area contributed by atoms with E-state index in [2.05, 4.69) is 0 Å². The van der Waals surface area contributed by atoms with Crippen molar-refractivity contribution in [3.05, 3.63) is 12.2 Å². The van der Waals surface area contributed by atoms with Gasteiger partial charge in [-0.15, -0.1) is 0 Å². The van der Waals surface area contributed by atoms with Crippen LogP contribution >= 0.6 is 0 Å². The summed E-state index contributed by atoms with van der Waals surface area (Å²) < 4.78 is 5.30. The fraction of sp³-hybridized carbons (Fsp3) is 0.737. The quantitative estimate of drug-likeness (QED) is 0.304. The Morgan fingerprint density at radius 1 is 1.26 bits per heavy atom. The van der Waals surface area contributed by atoms with Gasteiger partial charge in [0, 0.05) is 19.6 Å². The third kappa shape index (κ3) is 4.87. The topological polar surface area (TPSA) is 90.4 Å². The van der Waals surface area contributed by atoms with Gasteiger partial charge < -0.3 is 14.5 Å². The van der Waals surface area contributed by atoms with Gasteiger partial charge in [0.15, 0.2) is 0 Å². The van der Waals surface area contributed by atoms with Crippen molar-refractivity contribution in [3.63, 3.8) is 0 Å². The highest BCUT2D eigenvalue weighted by Crippen LogP contribution is 2.32. The number of nitrogens with zero attached hydrogens (tertiary/aromatic N) is 3. The van der Waals surface area contributed by atoms with Crippen LogP contribution in [0.15, 0.2) is 12.2 Å². The zero-order chi connectivity index (χ0) is 19.2. The molecule has 0 aromatic heterocycles. The summed E-state index contributed by atoms with van der Waals surface area (Å²) in [6, 6.07) is -0.606. The summed E-state index contributed by atoms with van der Waals surface area (Å²) in [6.45, 7) is 2.44. The van der Waals surface area contributed by atoms with Crippen molar-refractivity contribution in [2.24, 2.45) is 11.8 Å². The number of hydrogen-bond donors (Lipinski definition) is 1. The lowest BCUT2D eigenvalue weighted by atomic mass is 9.91. The summed E-state index contributed by atoms with van der Waals surface area (Å²) in [5.74, 6) is -0.318. The smallest absolute Gasteiger partial charge is 0.249 e. The van der Waals surface area contributed by atoms with Gasteiger partial charge in [-0.25, -0.2) is 5.06 Å². The fourth-order valence-electron chi connectivity index (χ4n) is 4.34. The molecule has 0 radical (unpaired) electrons. The third-order valence-electron chi connectivity index (χ3n) is 5.79. The van der Waals surface area contributed by atoms with Crippen LogP contribution in [-0.2, 0) is 19.1 Å². The van der Waals surface area contributed by atoms with Gasteiger partial charge >= 0.3 is 0 Å². The molecule has 1 saturated heterocycles. The molecule has 0 aromatic carbocycles. The van der Waals surface area contributed by atoms with Gasteiger partial charge in [-0.2, -0.15) is 0 Å². The summed E-state index contributed by atoms with van der Waals surface area (Å²) in [5.41, 5.74) is 0. The van der Waals surface area contributed by atoms with E-state index >= 15 is 0 Å². The fourth-order valence-corrected chi connectivity index (χ4v) is 4.34. The van der Waals surface area contributed by atoms with Gasteiger partial charge in [0.2, 0.25) is 18.2 Å². The standard InChI is InChI=1S/C19H29N3O5/c23-14-21(26)13-16(12-15-4-1-2-5-15)18(24)22-7-3-6-17(22)19(25)20-8-10-27-11-9-20/h3,6,14-17,26H,1-2,4-5,7-13H2/t16-,17+/m1/s1. The first-order chi connectivity index (χ1) is 13.1. The molecule has 2 atom stereocenters. The van der Waals surface area contributed by atoms with E-state index < -0.39 is 12.0 Å². The molecular formula is C19H29N3O5. The summed E-state index contributed by atoms with van der Waals surface area (Å²) >= 11 is 0. The van der Waals surface area contributed by atoms with Crippen molar-refractivity contribution in [3.8, 4) is 0 Å². The van der Waals surface area contributed by atoms with E-state index in [9.17, 15) is 19.6 Å². The van der Waals surface area contributed by atoms with Gasteiger partial charge in [0.05, 0.1) is 25.7 Å². The number of morpholine rings is 1. The first kappa shape index (κ1) is 19.8. The predicted octanol–water partition coefficient (Wildman–Crippen LogP) is 0.656. The minimum absolute atomic E-state index is 0.0339. The highest BCUT2D eigenvalue weighted by molar-refractivity contribution is 5.91. The van der Waals surface area contributed by atoms with Crippen molar-refractivity contribution in [2.75, 3.05) is 39.4 Å². The Kier molecular flexibility index (Phi) is 6.84. The van der Waals surface area contributed by atoms with Gasteiger partial charge in [0.1, 0.15) is 6.04 Å². The second-order valence-corrected chi connectivity index (χ2v) is 7.61. The maximum Gasteiger partial charge on any atom is 0.249 e. The SMILES string of the molecule is O=CN(O)C[C@@H](CC1CCCC1)C(=O)N1CC=C[C@H]1C(=O)N1CCOCC1. The van der Waals surface area contributed by atoms with Gasteiger partial charge in [-0.1, -0.05) is 37.8 Å². The first-order valence-corrected chi connectivity index (χ1v) is 9.84. The summed E-state index contributed by atoms with van der Waals surface area (Å²) in [7, 11) is 0. The third-order valence-corrected chi connectivity index (χ3v) is 5.79. The van der Waals surface area contributed by atoms with Crippen LogP contribution in [-0.4, -0.2) is 83.7 Å². The van der Waals surface area contributed by atoms with Crippen molar-refractivity contribution >= 4 is 18.2 Å². The van der Waals surface area contributed by atoms with Crippen LogP contribution in [0, 0.1) is 11.8 Å². The Morgan fingerprint density at radius 2 is 1.96 bits per heavy atom. The van der Waals surface area contributed by atoms with E-state index in [0.717, 1.165) is 25.7 Å². The number of carbonyl (C=O) groups is 3. The summed E-state index contributed by atoms with van der Waals surface area (Å²) in [5, 5.41) is 10.2. The molecule has 1 aliphatic carbocycles. The second-order valence-electron chi connectivity index (χ2n) is 7.61. The largest absolute Gasteiger partial charge is 0.378 e. The van der Waals surface area contributed by atoms with E-state index in [1.54, 1.807) is 15.9 Å². The molecule has 1 saturated carbocycles. The van der Waals surface area contributed by atoms with E-state index in [-0.39, 0.29) is 18.4 Å². The number of ether oxygens (including phenoxy) is 1. The van der Waals surface area contributed by atoms with Crippen molar-refractivity contribution < 1.29 is 24.3 Å². The van der Waals surface area contributed by atoms with Crippen LogP contribution in [0.4, 0.5) is 0 Å². The molecule has 2 fully saturated rings. The van der Waals surface area contributed by atoms with Gasteiger partial charge in [-0.3, -0.25) is 19.6 Å². The molecule has 1 N–H and O–H groups in total. The van der Waals surface area contributed by atoms with Crippen molar-refractivity contribution in [1.29, 1.82) is 0 Å². The Labute approximate surface area is 159 Å². The molecule has 0 unspecified atom stereocenters. The molecule has 3 amide bonds. The Hall–Kier alpha value is -1.93. The van der Waals surface area contributed by atoms with Gasteiger partial charge in [-0.05, 0) is 12.3 Å². The molecule has 8 heteroatoms. The zero-order valence-electron chi connectivity index (χ0n) is 15.7. The zero-order valence-corrected chi connectivity index (χ0v) is 15.7. The van der Waals surface area contributed by atoms with Gasteiger partial charge in [0.25, 0.3) is 0 Å². The minimum Gasteiger partial charge on any atom is -0.378 e.